The van der Waals surface area contributed by atoms with Gasteiger partial charge in [0.25, 0.3) is 0 Å². The van der Waals surface area contributed by atoms with E-state index in [-0.39, 0.29) is 5.63 Å². The molecule has 4 aromatic rings. The van der Waals surface area contributed by atoms with Gasteiger partial charge in [-0.2, -0.15) is 0 Å². The highest BCUT2D eigenvalue weighted by Crippen LogP contribution is 2.38. The summed E-state index contributed by atoms with van der Waals surface area (Å²) < 4.78 is 7.54. The Morgan fingerprint density at radius 2 is 1.91 bits per heavy atom. The maximum atomic E-state index is 12.3. The minimum atomic E-state index is -0.260. The molecule has 0 bridgehead atoms. The summed E-state index contributed by atoms with van der Waals surface area (Å²) in [4.78, 5) is 17.0. The molecule has 22 heavy (non-hydrogen) atoms. The van der Waals surface area contributed by atoms with E-state index < -0.39 is 0 Å². The molecule has 1 aliphatic rings. The van der Waals surface area contributed by atoms with E-state index in [0.717, 1.165) is 27.3 Å². The van der Waals surface area contributed by atoms with Crippen LogP contribution >= 0.6 is 11.8 Å². The largest absolute Gasteiger partial charge is 0.422 e. The maximum absolute atomic E-state index is 12.3. The summed E-state index contributed by atoms with van der Waals surface area (Å²) in [5.41, 5.74) is 3.93. The Morgan fingerprint density at radius 1 is 1.09 bits per heavy atom. The van der Waals surface area contributed by atoms with Crippen LogP contribution in [0.5, 0.6) is 0 Å². The quantitative estimate of drug-likeness (QED) is 0.464. The molecule has 0 fully saturated rings. The molecule has 0 amide bonds. The zero-order chi connectivity index (χ0) is 14.7. The predicted molar refractivity (Wildman–Crippen MR) is 86.7 cm³/mol. The molecule has 3 heterocycles. The van der Waals surface area contributed by atoms with Gasteiger partial charge < -0.3 is 4.42 Å². The minimum Gasteiger partial charge on any atom is -0.422 e. The first-order valence-corrected chi connectivity index (χ1v) is 7.97. The van der Waals surface area contributed by atoms with Crippen molar-refractivity contribution in [2.75, 3.05) is 0 Å². The Kier molecular flexibility index (Phi) is 2.32. The Hall–Kier alpha value is -2.53. The third-order valence-corrected chi connectivity index (χ3v) is 4.94. The lowest BCUT2D eigenvalue weighted by Gasteiger charge is -2.19. The smallest absolute Gasteiger partial charge is 0.342 e. The number of thioether (sulfide) groups is 1. The lowest BCUT2D eigenvalue weighted by atomic mass is 10.1. The van der Waals surface area contributed by atoms with Gasteiger partial charge in [0.1, 0.15) is 5.58 Å². The second-order valence-electron chi connectivity index (χ2n) is 5.22. The number of benzene rings is 2. The van der Waals surface area contributed by atoms with Gasteiger partial charge in [0, 0.05) is 11.1 Å². The molecule has 0 spiro atoms. The lowest BCUT2D eigenvalue weighted by Crippen LogP contribution is -2.16. The van der Waals surface area contributed by atoms with Crippen LogP contribution in [-0.4, -0.2) is 9.55 Å². The van der Waals surface area contributed by atoms with E-state index in [9.17, 15) is 4.79 Å². The average Bonchev–Trinajstić information content (AvgIpc) is 2.93. The standard InChI is InChI=1S/C17H10N2O2S/c20-16-11-9-22-17-18-12-6-2-3-7-13(12)19(17)15(11)10-5-1-4-8-14(10)21-16/h1-8H,9H2. The molecule has 106 valence electrons. The molecule has 4 nitrogen and oxygen atoms in total. The predicted octanol–water partition coefficient (Wildman–Crippen LogP) is 3.74. The number of rotatable bonds is 0. The molecule has 0 radical (unpaired) electrons. The van der Waals surface area contributed by atoms with Gasteiger partial charge in [-0.15, -0.1) is 0 Å². The van der Waals surface area contributed by atoms with Gasteiger partial charge in [-0.3, -0.25) is 4.57 Å². The number of nitrogens with zero attached hydrogens (tertiary/aromatic N) is 2. The first kappa shape index (κ1) is 12.1. The number of hydrogen-bond donors (Lipinski definition) is 0. The number of aromatic nitrogens is 2. The minimum absolute atomic E-state index is 0.260. The van der Waals surface area contributed by atoms with Crippen molar-refractivity contribution in [1.29, 1.82) is 0 Å². The van der Waals surface area contributed by atoms with Crippen molar-refractivity contribution in [3.05, 3.63) is 64.5 Å². The van der Waals surface area contributed by atoms with E-state index >= 15 is 0 Å². The van der Waals surface area contributed by atoms with Crippen LogP contribution < -0.4 is 5.63 Å². The van der Waals surface area contributed by atoms with Gasteiger partial charge in [-0.05, 0) is 24.3 Å². The van der Waals surface area contributed by atoms with Crippen LogP contribution in [0.3, 0.4) is 0 Å². The fraction of sp³-hybridized carbons (Fsp3) is 0.0588. The van der Waals surface area contributed by atoms with Crippen LogP contribution in [0.25, 0.3) is 27.7 Å². The molecule has 5 rings (SSSR count). The zero-order valence-corrected chi connectivity index (χ0v) is 12.3. The summed E-state index contributed by atoms with van der Waals surface area (Å²) in [6.45, 7) is 0. The van der Waals surface area contributed by atoms with Gasteiger partial charge in [0.15, 0.2) is 5.16 Å². The highest BCUT2D eigenvalue weighted by molar-refractivity contribution is 7.98. The first-order valence-electron chi connectivity index (χ1n) is 6.98. The van der Waals surface area contributed by atoms with Gasteiger partial charge in [-0.1, -0.05) is 36.0 Å². The van der Waals surface area contributed by atoms with Crippen LogP contribution in [0, 0.1) is 0 Å². The molecule has 5 heteroatoms. The Balaban J connectivity index is 2.04. The Morgan fingerprint density at radius 3 is 2.86 bits per heavy atom. The van der Waals surface area contributed by atoms with E-state index in [1.165, 1.54) is 0 Å². The van der Waals surface area contributed by atoms with Gasteiger partial charge in [0.05, 0.1) is 22.3 Å². The molecule has 2 aromatic heterocycles. The van der Waals surface area contributed by atoms with Crippen LogP contribution in [0.2, 0.25) is 0 Å². The topological polar surface area (TPSA) is 48.0 Å². The number of para-hydroxylation sites is 3. The molecular formula is C17H10N2O2S. The molecule has 2 aromatic carbocycles. The highest BCUT2D eigenvalue weighted by atomic mass is 32.2. The highest BCUT2D eigenvalue weighted by Gasteiger charge is 2.25. The van der Waals surface area contributed by atoms with Crippen molar-refractivity contribution >= 4 is 33.8 Å². The molecule has 1 aliphatic heterocycles. The first-order chi connectivity index (χ1) is 10.8. The van der Waals surface area contributed by atoms with Crippen molar-refractivity contribution in [3.63, 3.8) is 0 Å². The molecule has 0 aliphatic carbocycles. The zero-order valence-electron chi connectivity index (χ0n) is 11.4. The van der Waals surface area contributed by atoms with E-state index in [0.29, 0.717) is 16.9 Å². The maximum Gasteiger partial charge on any atom is 0.342 e. The summed E-state index contributed by atoms with van der Waals surface area (Å²) in [6.07, 6.45) is 0. The fourth-order valence-corrected chi connectivity index (χ4v) is 4.02. The molecule has 0 N–H and O–H groups in total. The summed E-state index contributed by atoms with van der Waals surface area (Å²) in [5, 5.41) is 1.87. The Bertz CT molecular complexity index is 1110. The molecule has 0 atom stereocenters. The van der Waals surface area contributed by atoms with Crippen LogP contribution in [0.15, 0.2) is 62.9 Å². The van der Waals surface area contributed by atoms with E-state index in [1.807, 2.05) is 48.5 Å². The summed E-state index contributed by atoms with van der Waals surface area (Å²) in [5.74, 6) is 0.589. The number of hydrogen-bond acceptors (Lipinski definition) is 4. The van der Waals surface area contributed by atoms with E-state index in [4.69, 9.17) is 4.42 Å². The normalized spacial score (nSPS) is 13.3. The van der Waals surface area contributed by atoms with Gasteiger partial charge in [0.2, 0.25) is 0 Å². The molecule has 0 unspecified atom stereocenters. The van der Waals surface area contributed by atoms with Crippen LogP contribution in [0.4, 0.5) is 0 Å². The van der Waals surface area contributed by atoms with Crippen molar-refractivity contribution in [1.82, 2.24) is 9.55 Å². The Labute approximate surface area is 129 Å². The van der Waals surface area contributed by atoms with E-state index in [1.54, 1.807) is 11.8 Å². The van der Waals surface area contributed by atoms with Gasteiger partial charge in [-0.25, -0.2) is 9.78 Å². The lowest BCUT2D eigenvalue weighted by molar-refractivity contribution is 0.552. The summed E-state index contributed by atoms with van der Waals surface area (Å²) in [7, 11) is 0. The third-order valence-electron chi connectivity index (χ3n) is 3.98. The average molecular weight is 306 g/mol. The van der Waals surface area contributed by atoms with Crippen molar-refractivity contribution in [3.8, 4) is 5.69 Å². The second-order valence-corrected chi connectivity index (χ2v) is 6.16. The van der Waals surface area contributed by atoms with Crippen molar-refractivity contribution in [2.24, 2.45) is 0 Å². The van der Waals surface area contributed by atoms with Crippen molar-refractivity contribution < 1.29 is 4.42 Å². The summed E-state index contributed by atoms with van der Waals surface area (Å²) >= 11 is 1.57. The summed E-state index contributed by atoms with van der Waals surface area (Å²) in [6, 6.07) is 15.7. The molecule has 0 saturated heterocycles. The molecular weight excluding hydrogens is 296 g/mol. The number of imidazole rings is 1. The van der Waals surface area contributed by atoms with Crippen LogP contribution in [0.1, 0.15) is 5.56 Å². The van der Waals surface area contributed by atoms with E-state index in [2.05, 4.69) is 9.55 Å². The fourth-order valence-electron chi connectivity index (χ4n) is 3.01. The molecule has 0 saturated carbocycles. The van der Waals surface area contributed by atoms with Gasteiger partial charge >= 0.3 is 5.63 Å². The number of fused-ring (bicyclic) bond motifs is 7. The third kappa shape index (κ3) is 1.49. The monoisotopic (exact) mass is 306 g/mol. The van der Waals surface area contributed by atoms with Crippen molar-refractivity contribution in [2.45, 2.75) is 10.9 Å². The van der Waals surface area contributed by atoms with Crippen LogP contribution in [-0.2, 0) is 5.75 Å². The second kappa shape index (κ2) is 4.24. The SMILES string of the molecule is O=c1oc2ccccc2c2c1CSc1nc3ccccc3n1-2.